The molecule has 8 heteroatoms. The maximum atomic E-state index is 12.0. The number of aromatic nitrogens is 3. The van der Waals surface area contributed by atoms with E-state index in [9.17, 15) is 4.79 Å². The molecule has 0 atom stereocenters. The Morgan fingerprint density at radius 1 is 1.06 bits per heavy atom. The van der Waals surface area contributed by atoms with Crippen LogP contribution in [0.15, 0.2) is 54.6 Å². The molecule has 4 N–H and O–H groups in total. The number of unbranched alkanes of at least 4 members (excludes halogenated alkanes) is 1. The van der Waals surface area contributed by atoms with E-state index in [0.717, 1.165) is 52.7 Å². The lowest BCUT2D eigenvalue weighted by molar-refractivity contribution is 0.129. The van der Waals surface area contributed by atoms with Crippen LogP contribution in [0.3, 0.4) is 0 Å². The average Bonchev–Trinajstić information content (AvgIpc) is 3.20. The van der Waals surface area contributed by atoms with Crippen LogP contribution >= 0.6 is 0 Å². The summed E-state index contributed by atoms with van der Waals surface area (Å²) in [5.74, 6) is 1.45. The van der Waals surface area contributed by atoms with Gasteiger partial charge in [-0.15, -0.1) is 0 Å². The van der Waals surface area contributed by atoms with Crippen molar-refractivity contribution < 1.29 is 9.53 Å². The van der Waals surface area contributed by atoms with Gasteiger partial charge in [-0.2, -0.15) is 0 Å². The number of nitrogens with zero attached hydrogens (tertiary/aromatic N) is 3. The molecule has 2 aromatic carbocycles. The summed E-state index contributed by atoms with van der Waals surface area (Å²) < 4.78 is 8.03. The number of carbonyl (C=O) groups is 1. The molecule has 2 amide bonds. The number of imidazole rings is 1. The minimum atomic E-state index is -0.248. The Hall–Kier alpha value is -3.65. The molecule has 0 spiro atoms. The Kier molecular flexibility index (Phi) is 7.36. The highest BCUT2D eigenvalue weighted by Gasteiger charge is 2.16. The number of benzene rings is 2. The molecule has 33 heavy (non-hydrogen) atoms. The van der Waals surface area contributed by atoms with Gasteiger partial charge in [0.05, 0.1) is 24.2 Å². The van der Waals surface area contributed by atoms with Gasteiger partial charge in [0.15, 0.2) is 5.82 Å². The van der Waals surface area contributed by atoms with Crippen molar-refractivity contribution in [2.75, 3.05) is 30.8 Å². The second-order valence-corrected chi connectivity index (χ2v) is 7.85. The Bertz CT molecular complexity index is 1220. The molecule has 2 heterocycles. The van der Waals surface area contributed by atoms with E-state index < -0.39 is 0 Å². The molecule has 0 aliphatic heterocycles. The third-order valence-electron chi connectivity index (χ3n) is 5.47. The summed E-state index contributed by atoms with van der Waals surface area (Å²) in [5.41, 5.74) is 9.62. The molecule has 8 nitrogen and oxygen atoms in total. The minimum Gasteiger partial charge on any atom is -0.382 e. The molecular formula is C25H30N6O2. The summed E-state index contributed by atoms with van der Waals surface area (Å²) in [6, 6.07) is 17.1. The Morgan fingerprint density at radius 3 is 2.67 bits per heavy atom. The highest BCUT2D eigenvalue weighted by atomic mass is 16.5. The Morgan fingerprint density at radius 2 is 1.85 bits per heavy atom. The number of amides is 2. The van der Waals surface area contributed by atoms with E-state index in [0.29, 0.717) is 32.1 Å². The maximum Gasteiger partial charge on any atom is 0.319 e. The van der Waals surface area contributed by atoms with Crippen molar-refractivity contribution in [2.24, 2.45) is 0 Å². The van der Waals surface area contributed by atoms with Crippen molar-refractivity contribution in [3.05, 3.63) is 60.4 Å². The summed E-state index contributed by atoms with van der Waals surface area (Å²) in [7, 11) is 0. The number of pyridine rings is 1. The van der Waals surface area contributed by atoms with Gasteiger partial charge in [0.1, 0.15) is 11.3 Å². The topological polar surface area (TPSA) is 107 Å². The summed E-state index contributed by atoms with van der Waals surface area (Å²) >= 11 is 0. The zero-order valence-corrected chi connectivity index (χ0v) is 18.9. The second-order valence-electron chi connectivity index (χ2n) is 7.85. The number of hydrogen-bond acceptors (Lipinski definition) is 5. The number of nitrogens with two attached hydrogens (primary N) is 1. The van der Waals surface area contributed by atoms with Crippen LogP contribution < -0.4 is 16.4 Å². The third-order valence-corrected chi connectivity index (χ3v) is 5.47. The normalized spacial score (nSPS) is 11.2. The summed E-state index contributed by atoms with van der Waals surface area (Å²) in [6.07, 6.45) is 3.01. The van der Waals surface area contributed by atoms with Gasteiger partial charge in [0.25, 0.3) is 0 Å². The molecular weight excluding hydrogens is 416 g/mol. The lowest BCUT2D eigenvalue weighted by atomic mass is 10.2. The predicted molar refractivity (Wildman–Crippen MR) is 132 cm³/mol. The van der Waals surface area contributed by atoms with Crippen LogP contribution in [0.25, 0.3) is 21.9 Å². The number of carbonyl (C=O) groups excluding carboxylic acids is 1. The zero-order chi connectivity index (χ0) is 23.0. The number of ether oxygens (including phenoxy) is 1. The molecule has 0 aliphatic carbocycles. The van der Waals surface area contributed by atoms with Crippen LogP contribution in [0.2, 0.25) is 0 Å². The maximum absolute atomic E-state index is 12.0. The first-order chi connectivity index (χ1) is 16.2. The summed E-state index contributed by atoms with van der Waals surface area (Å²) in [5, 5.41) is 6.63. The summed E-state index contributed by atoms with van der Waals surface area (Å²) in [6.45, 7) is 4.17. The fourth-order valence-electron chi connectivity index (χ4n) is 3.86. The number of nitrogens with one attached hydrogen (secondary N) is 2. The van der Waals surface area contributed by atoms with Gasteiger partial charge in [-0.05, 0) is 24.6 Å². The van der Waals surface area contributed by atoms with Gasteiger partial charge in [0.2, 0.25) is 0 Å². The van der Waals surface area contributed by atoms with Gasteiger partial charge >= 0.3 is 6.03 Å². The molecule has 4 aromatic rings. The van der Waals surface area contributed by atoms with Crippen molar-refractivity contribution in [1.82, 2.24) is 19.9 Å². The minimum absolute atomic E-state index is 0.248. The van der Waals surface area contributed by atoms with Crippen LogP contribution in [-0.4, -0.2) is 40.3 Å². The number of anilines is 2. The first-order valence-electron chi connectivity index (χ1n) is 11.4. The molecule has 0 unspecified atom stereocenters. The number of hydrogen-bond donors (Lipinski definition) is 3. The summed E-state index contributed by atoms with van der Waals surface area (Å²) in [4.78, 5) is 21.3. The standard InChI is InChI=1S/C25H30N6O2/c1-2-3-13-21-30-22-23(19-11-7-8-12-20(19)29-24(22)26)31(21)15-17-33-16-14-27-25(32)28-18-9-5-4-6-10-18/h4-12H,2-3,13-17H2,1H3,(H2,26,29)(H2,27,28,32). The molecule has 0 fully saturated rings. The molecule has 172 valence electrons. The highest BCUT2D eigenvalue weighted by molar-refractivity contribution is 6.06. The largest absolute Gasteiger partial charge is 0.382 e. The number of urea groups is 1. The van der Waals surface area contributed by atoms with Crippen molar-refractivity contribution >= 4 is 39.5 Å². The van der Waals surface area contributed by atoms with Crippen molar-refractivity contribution in [1.29, 1.82) is 0 Å². The quantitative estimate of drug-likeness (QED) is 0.314. The van der Waals surface area contributed by atoms with E-state index in [1.165, 1.54) is 0 Å². The third kappa shape index (κ3) is 5.40. The fraction of sp³-hybridized carbons (Fsp3) is 0.320. The molecule has 4 rings (SSSR count). The number of nitrogen functional groups attached to an aromatic ring is 1. The number of aryl methyl sites for hydroxylation is 1. The molecule has 0 saturated heterocycles. The van der Waals surface area contributed by atoms with E-state index in [2.05, 4.69) is 33.2 Å². The van der Waals surface area contributed by atoms with Gasteiger partial charge in [-0.3, -0.25) is 0 Å². The van der Waals surface area contributed by atoms with Crippen LogP contribution in [0, 0.1) is 0 Å². The number of rotatable bonds is 10. The van der Waals surface area contributed by atoms with Crippen LogP contribution in [0.1, 0.15) is 25.6 Å². The van der Waals surface area contributed by atoms with E-state index in [4.69, 9.17) is 15.5 Å². The second kappa shape index (κ2) is 10.8. The van der Waals surface area contributed by atoms with Gasteiger partial charge in [-0.25, -0.2) is 14.8 Å². The van der Waals surface area contributed by atoms with Crippen molar-refractivity contribution in [3.8, 4) is 0 Å². The monoisotopic (exact) mass is 446 g/mol. The van der Waals surface area contributed by atoms with Gasteiger partial charge in [0, 0.05) is 30.6 Å². The Labute approximate surface area is 193 Å². The van der Waals surface area contributed by atoms with Gasteiger partial charge < -0.3 is 25.7 Å². The zero-order valence-electron chi connectivity index (χ0n) is 18.9. The molecule has 0 saturated carbocycles. The smallest absolute Gasteiger partial charge is 0.319 e. The van der Waals surface area contributed by atoms with Crippen LogP contribution in [0.5, 0.6) is 0 Å². The lowest BCUT2D eigenvalue weighted by Crippen LogP contribution is -2.31. The Balaban J connectivity index is 1.39. The predicted octanol–water partition coefficient (Wildman–Crippen LogP) is 4.35. The average molecular weight is 447 g/mol. The molecule has 0 bridgehead atoms. The lowest BCUT2D eigenvalue weighted by Gasteiger charge is -2.12. The SMILES string of the molecule is CCCCc1nc2c(N)nc3ccccc3c2n1CCOCCNC(=O)Nc1ccccc1. The van der Waals surface area contributed by atoms with Crippen molar-refractivity contribution in [3.63, 3.8) is 0 Å². The molecule has 0 aliphatic rings. The first-order valence-corrected chi connectivity index (χ1v) is 11.4. The van der Waals surface area contributed by atoms with E-state index >= 15 is 0 Å². The van der Waals surface area contributed by atoms with Crippen LogP contribution in [0.4, 0.5) is 16.3 Å². The van der Waals surface area contributed by atoms with E-state index in [1.807, 2.05) is 48.5 Å². The van der Waals surface area contributed by atoms with Crippen LogP contribution in [-0.2, 0) is 17.7 Å². The van der Waals surface area contributed by atoms with Crippen molar-refractivity contribution in [2.45, 2.75) is 32.7 Å². The van der Waals surface area contributed by atoms with E-state index in [-0.39, 0.29) is 6.03 Å². The first kappa shape index (κ1) is 22.5. The molecule has 2 aromatic heterocycles. The van der Waals surface area contributed by atoms with Gasteiger partial charge in [-0.1, -0.05) is 49.7 Å². The number of para-hydroxylation sites is 2. The fourth-order valence-corrected chi connectivity index (χ4v) is 3.86. The van der Waals surface area contributed by atoms with E-state index in [1.54, 1.807) is 0 Å². The highest BCUT2D eigenvalue weighted by Crippen LogP contribution is 2.29. The molecule has 0 radical (unpaired) electrons. The number of fused-ring (bicyclic) bond motifs is 3.